The summed E-state index contributed by atoms with van der Waals surface area (Å²) in [5.74, 6) is -0.432. The molecule has 1 unspecified atom stereocenters. The van der Waals surface area contributed by atoms with E-state index in [-0.39, 0.29) is 11.9 Å². The predicted octanol–water partition coefficient (Wildman–Crippen LogP) is 1.20. The maximum absolute atomic E-state index is 12.2. The number of rotatable bonds is 0. The quantitative estimate of drug-likeness (QED) is 0.613. The van der Waals surface area contributed by atoms with Gasteiger partial charge in [0.1, 0.15) is 0 Å². The molecule has 0 aromatic heterocycles. The molecule has 0 radical (unpaired) electrons. The van der Waals surface area contributed by atoms with Crippen LogP contribution in [0.2, 0.25) is 0 Å². The number of anilines is 1. The van der Waals surface area contributed by atoms with E-state index in [1.54, 1.807) is 11.9 Å². The Morgan fingerprint density at radius 2 is 2.06 bits per heavy atom. The minimum Gasteiger partial charge on any atom is -0.444 e. The normalized spacial score (nSPS) is 27.4. The number of esters is 1. The summed E-state index contributed by atoms with van der Waals surface area (Å²) >= 11 is 0. The standard InChI is InChI=1S/C12H11NO3/c1-13-9-5-3-2-4-8(9)12(11(13)15)7-6-10(14)16-12/h2-5H,6-7H2,1H3. The van der Waals surface area contributed by atoms with Gasteiger partial charge in [0.25, 0.3) is 5.91 Å². The van der Waals surface area contributed by atoms with Crippen molar-refractivity contribution >= 4 is 17.6 Å². The first-order valence-corrected chi connectivity index (χ1v) is 5.25. The monoisotopic (exact) mass is 217 g/mol. The minimum atomic E-state index is -1.04. The number of fused-ring (bicyclic) bond motifs is 2. The van der Waals surface area contributed by atoms with Crippen molar-refractivity contribution in [2.24, 2.45) is 0 Å². The Morgan fingerprint density at radius 1 is 1.31 bits per heavy atom. The van der Waals surface area contributed by atoms with Gasteiger partial charge in [-0.05, 0) is 6.07 Å². The molecule has 0 aliphatic carbocycles. The highest BCUT2D eigenvalue weighted by Gasteiger charge is 2.55. The molecule has 3 rings (SSSR count). The second kappa shape index (κ2) is 2.84. The number of benzene rings is 1. The third-order valence-corrected chi connectivity index (χ3v) is 3.32. The molecule has 0 bridgehead atoms. The van der Waals surface area contributed by atoms with Crippen molar-refractivity contribution in [1.29, 1.82) is 0 Å². The molecule has 1 fully saturated rings. The summed E-state index contributed by atoms with van der Waals surface area (Å²) in [6.45, 7) is 0. The molecular weight excluding hydrogens is 206 g/mol. The SMILES string of the molecule is CN1C(=O)C2(CCC(=O)O2)c2ccccc21. The van der Waals surface area contributed by atoms with Crippen LogP contribution in [0.4, 0.5) is 5.69 Å². The van der Waals surface area contributed by atoms with Crippen molar-refractivity contribution in [3.63, 3.8) is 0 Å². The van der Waals surface area contributed by atoms with E-state index in [0.29, 0.717) is 12.8 Å². The molecule has 1 spiro atoms. The summed E-state index contributed by atoms with van der Waals surface area (Å²) in [4.78, 5) is 25.0. The number of nitrogens with zero attached hydrogens (tertiary/aromatic N) is 1. The number of amides is 1. The lowest BCUT2D eigenvalue weighted by Gasteiger charge is -2.20. The first kappa shape index (κ1) is 9.39. The van der Waals surface area contributed by atoms with E-state index < -0.39 is 5.60 Å². The molecule has 2 heterocycles. The third kappa shape index (κ3) is 0.939. The van der Waals surface area contributed by atoms with Crippen LogP contribution >= 0.6 is 0 Å². The van der Waals surface area contributed by atoms with Gasteiger partial charge in [-0.25, -0.2) is 0 Å². The van der Waals surface area contributed by atoms with Gasteiger partial charge >= 0.3 is 5.97 Å². The van der Waals surface area contributed by atoms with Crippen molar-refractivity contribution in [2.75, 3.05) is 11.9 Å². The Labute approximate surface area is 92.8 Å². The Hall–Kier alpha value is -1.84. The Bertz CT molecular complexity index is 497. The van der Waals surface area contributed by atoms with Crippen LogP contribution in [0, 0.1) is 0 Å². The van der Waals surface area contributed by atoms with Crippen LogP contribution in [-0.4, -0.2) is 18.9 Å². The molecule has 1 amide bonds. The highest BCUT2D eigenvalue weighted by atomic mass is 16.6. The smallest absolute Gasteiger partial charge is 0.307 e. The van der Waals surface area contributed by atoms with Crippen LogP contribution in [0.5, 0.6) is 0 Å². The molecule has 16 heavy (non-hydrogen) atoms. The van der Waals surface area contributed by atoms with Crippen molar-refractivity contribution in [2.45, 2.75) is 18.4 Å². The fourth-order valence-electron chi connectivity index (χ4n) is 2.52. The maximum atomic E-state index is 12.2. The fourth-order valence-corrected chi connectivity index (χ4v) is 2.52. The van der Waals surface area contributed by atoms with Gasteiger partial charge in [0.15, 0.2) is 0 Å². The molecule has 2 aliphatic heterocycles. The highest BCUT2D eigenvalue weighted by Crippen LogP contribution is 2.47. The van der Waals surface area contributed by atoms with Crippen molar-refractivity contribution in [3.05, 3.63) is 29.8 Å². The third-order valence-electron chi connectivity index (χ3n) is 3.32. The zero-order valence-electron chi connectivity index (χ0n) is 8.90. The van der Waals surface area contributed by atoms with E-state index in [0.717, 1.165) is 11.3 Å². The van der Waals surface area contributed by atoms with Crippen LogP contribution in [0.3, 0.4) is 0 Å². The molecule has 1 atom stereocenters. The number of hydrogen-bond donors (Lipinski definition) is 0. The lowest BCUT2D eigenvalue weighted by molar-refractivity contribution is -0.157. The lowest BCUT2D eigenvalue weighted by Crippen LogP contribution is -2.38. The molecular formula is C12H11NO3. The molecule has 4 heteroatoms. The summed E-state index contributed by atoms with van der Waals surface area (Å²) in [7, 11) is 1.71. The largest absolute Gasteiger partial charge is 0.444 e. The fraction of sp³-hybridized carbons (Fsp3) is 0.333. The lowest BCUT2D eigenvalue weighted by atomic mass is 9.92. The molecule has 2 aliphatic rings. The summed E-state index contributed by atoms with van der Waals surface area (Å²) in [5.41, 5.74) is 0.609. The van der Waals surface area contributed by atoms with Crippen LogP contribution in [0.25, 0.3) is 0 Å². The number of para-hydroxylation sites is 1. The van der Waals surface area contributed by atoms with Gasteiger partial charge in [-0.2, -0.15) is 0 Å². The van der Waals surface area contributed by atoms with Gasteiger partial charge in [-0.1, -0.05) is 18.2 Å². The molecule has 1 aromatic carbocycles. The van der Waals surface area contributed by atoms with Crippen LogP contribution in [0.15, 0.2) is 24.3 Å². The zero-order chi connectivity index (χ0) is 11.3. The molecule has 1 saturated heterocycles. The van der Waals surface area contributed by atoms with Gasteiger partial charge in [0.05, 0.1) is 12.1 Å². The number of carbonyl (C=O) groups is 2. The average Bonchev–Trinajstić information content (AvgIpc) is 2.78. The van der Waals surface area contributed by atoms with Gasteiger partial charge in [-0.15, -0.1) is 0 Å². The van der Waals surface area contributed by atoms with E-state index in [2.05, 4.69) is 0 Å². The summed E-state index contributed by atoms with van der Waals surface area (Å²) in [6, 6.07) is 7.46. The van der Waals surface area contributed by atoms with E-state index in [9.17, 15) is 9.59 Å². The van der Waals surface area contributed by atoms with Crippen molar-refractivity contribution < 1.29 is 14.3 Å². The predicted molar refractivity (Wildman–Crippen MR) is 56.9 cm³/mol. The molecule has 82 valence electrons. The molecule has 1 aromatic rings. The summed E-state index contributed by atoms with van der Waals surface area (Å²) in [6.07, 6.45) is 0.764. The van der Waals surface area contributed by atoms with E-state index in [4.69, 9.17) is 4.74 Å². The maximum Gasteiger partial charge on any atom is 0.307 e. The van der Waals surface area contributed by atoms with Crippen molar-refractivity contribution in [3.8, 4) is 0 Å². The van der Waals surface area contributed by atoms with E-state index in [1.165, 1.54) is 0 Å². The minimum absolute atomic E-state index is 0.139. The first-order chi connectivity index (χ1) is 7.65. The Balaban J connectivity index is 2.21. The van der Waals surface area contributed by atoms with E-state index in [1.807, 2.05) is 24.3 Å². The Kier molecular flexibility index (Phi) is 1.67. The van der Waals surface area contributed by atoms with Crippen LogP contribution in [0.1, 0.15) is 18.4 Å². The molecule has 0 N–H and O–H groups in total. The zero-order valence-corrected chi connectivity index (χ0v) is 8.90. The van der Waals surface area contributed by atoms with Gasteiger partial charge < -0.3 is 9.64 Å². The van der Waals surface area contributed by atoms with Crippen LogP contribution in [-0.2, 0) is 19.9 Å². The highest BCUT2D eigenvalue weighted by molar-refractivity contribution is 6.08. The number of likely N-dealkylation sites (N-methyl/N-ethyl adjacent to an activating group) is 1. The Morgan fingerprint density at radius 3 is 2.75 bits per heavy atom. The molecule has 4 nitrogen and oxygen atoms in total. The summed E-state index contributed by atoms with van der Waals surface area (Å²) < 4.78 is 5.29. The summed E-state index contributed by atoms with van der Waals surface area (Å²) in [5, 5.41) is 0. The first-order valence-electron chi connectivity index (χ1n) is 5.25. The average molecular weight is 217 g/mol. The second-order valence-electron chi connectivity index (χ2n) is 4.18. The number of ether oxygens (including phenoxy) is 1. The second-order valence-corrected chi connectivity index (χ2v) is 4.18. The molecule has 0 saturated carbocycles. The topological polar surface area (TPSA) is 46.6 Å². The van der Waals surface area contributed by atoms with Gasteiger partial charge in [0.2, 0.25) is 5.60 Å². The van der Waals surface area contributed by atoms with Gasteiger partial charge in [-0.3, -0.25) is 9.59 Å². The van der Waals surface area contributed by atoms with Gasteiger partial charge in [0, 0.05) is 19.0 Å². The number of carbonyl (C=O) groups excluding carboxylic acids is 2. The van der Waals surface area contributed by atoms with Crippen molar-refractivity contribution in [1.82, 2.24) is 0 Å². The number of hydrogen-bond acceptors (Lipinski definition) is 3. The van der Waals surface area contributed by atoms with E-state index >= 15 is 0 Å². The van der Waals surface area contributed by atoms with Crippen LogP contribution < -0.4 is 4.90 Å².